The van der Waals surface area contributed by atoms with Crippen LogP contribution in [-0.4, -0.2) is 35.9 Å². The molecule has 21 heavy (non-hydrogen) atoms. The molecule has 0 aliphatic heterocycles. The van der Waals surface area contributed by atoms with E-state index in [9.17, 15) is 5.11 Å². The number of likely N-dealkylation sites (N-methyl/N-ethyl adjacent to an activating group) is 1. The lowest BCUT2D eigenvalue weighted by molar-refractivity contribution is 0.142. The molecule has 1 heterocycles. The molecular weight excluding hydrogens is 268 g/mol. The number of aryl methyl sites for hydroxylation is 2. The molecule has 0 saturated carbocycles. The zero-order chi connectivity index (χ0) is 15.4. The molecule has 0 fully saturated rings. The molecule has 1 aromatic heterocycles. The Hall–Kier alpha value is -1.85. The molecule has 2 aromatic rings. The summed E-state index contributed by atoms with van der Waals surface area (Å²) < 4.78 is 10.4. The van der Waals surface area contributed by atoms with E-state index in [0.717, 1.165) is 28.3 Å². The van der Waals surface area contributed by atoms with Gasteiger partial charge in [-0.05, 0) is 38.6 Å². The summed E-state index contributed by atoms with van der Waals surface area (Å²) in [5.41, 5.74) is 3.02. The van der Waals surface area contributed by atoms with Crippen molar-refractivity contribution in [1.29, 1.82) is 0 Å². The number of ether oxygens (including phenoxy) is 1. The molecule has 0 spiro atoms. The first-order valence-electron chi connectivity index (χ1n) is 6.93. The predicted octanol–water partition coefficient (Wildman–Crippen LogP) is 2.47. The number of hydrogen-bond acceptors (Lipinski definition) is 5. The number of benzene rings is 1. The minimum atomic E-state index is -0.0791. The Balaban J connectivity index is 2.16. The Morgan fingerprint density at radius 2 is 1.95 bits per heavy atom. The molecular formula is C16H22N2O3. The lowest BCUT2D eigenvalue weighted by Gasteiger charge is -2.26. The maximum absolute atomic E-state index is 9.73. The Kier molecular flexibility index (Phi) is 4.98. The molecule has 0 bridgehead atoms. The van der Waals surface area contributed by atoms with Gasteiger partial charge < -0.3 is 14.4 Å². The number of aliphatic hydroxyl groups is 1. The van der Waals surface area contributed by atoms with Gasteiger partial charge in [0.2, 0.25) is 0 Å². The SMILES string of the molecule is COc1ccc(C(CO)N(C)Cc2c(C)noc2C)cc1. The number of aliphatic hydroxyl groups excluding tert-OH is 1. The Morgan fingerprint density at radius 3 is 2.43 bits per heavy atom. The normalized spacial score (nSPS) is 12.7. The minimum Gasteiger partial charge on any atom is -0.497 e. The lowest BCUT2D eigenvalue weighted by atomic mass is 10.0. The van der Waals surface area contributed by atoms with Crippen LogP contribution in [0.4, 0.5) is 0 Å². The fourth-order valence-electron chi connectivity index (χ4n) is 2.41. The van der Waals surface area contributed by atoms with E-state index in [0.29, 0.717) is 6.54 Å². The Morgan fingerprint density at radius 1 is 1.29 bits per heavy atom. The van der Waals surface area contributed by atoms with E-state index >= 15 is 0 Å². The Bertz CT molecular complexity index is 558. The maximum Gasteiger partial charge on any atom is 0.138 e. The van der Waals surface area contributed by atoms with Gasteiger partial charge >= 0.3 is 0 Å². The van der Waals surface area contributed by atoms with Crippen molar-refractivity contribution in [3.05, 3.63) is 46.8 Å². The largest absolute Gasteiger partial charge is 0.497 e. The van der Waals surface area contributed by atoms with Gasteiger partial charge in [0.05, 0.1) is 25.5 Å². The smallest absolute Gasteiger partial charge is 0.138 e. The first-order valence-corrected chi connectivity index (χ1v) is 6.93. The van der Waals surface area contributed by atoms with E-state index in [2.05, 4.69) is 10.1 Å². The van der Waals surface area contributed by atoms with Gasteiger partial charge in [0.1, 0.15) is 11.5 Å². The Labute approximate surface area is 125 Å². The van der Waals surface area contributed by atoms with Crippen LogP contribution in [0.5, 0.6) is 5.75 Å². The molecule has 1 atom stereocenters. The van der Waals surface area contributed by atoms with E-state index in [-0.39, 0.29) is 12.6 Å². The first kappa shape index (κ1) is 15.5. The van der Waals surface area contributed by atoms with Crippen molar-refractivity contribution in [2.75, 3.05) is 20.8 Å². The predicted molar refractivity (Wildman–Crippen MR) is 80.3 cm³/mol. The van der Waals surface area contributed by atoms with E-state index in [1.54, 1.807) is 7.11 Å². The highest BCUT2D eigenvalue weighted by atomic mass is 16.5. The van der Waals surface area contributed by atoms with Crippen LogP contribution >= 0.6 is 0 Å². The molecule has 0 saturated heterocycles. The number of hydrogen-bond donors (Lipinski definition) is 1. The molecule has 0 aliphatic carbocycles. The minimum absolute atomic E-state index is 0.0478. The van der Waals surface area contributed by atoms with Crippen molar-refractivity contribution in [2.45, 2.75) is 26.4 Å². The average molecular weight is 290 g/mol. The molecule has 5 nitrogen and oxygen atoms in total. The van der Waals surface area contributed by atoms with Gasteiger partial charge in [-0.15, -0.1) is 0 Å². The molecule has 1 unspecified atom stereocenters. The zero-order valence-corrected chi connectivity index (χ0v) is 13.0. The highest BCUT2D eigenvalue weighted by Gasteiger charge is 2.19. The number of methoxy groups -OCH3 is 1. The van der Waals surface area contributed by atoms with Crippen molar-refractivity contribution >= 4 is 0 Å². The van der Waals surface area contributed by atoms with E-state index in [1.807, 2.05) is 45.2 Å². The van der Waals surface area contributed by atoms with Gasteiger partial charge in [-0.2, -0.15) is 0 Å². The van der Waals surface area contributed by atoms with Crippen molar-refractivity contribution < 1.29 is 14.4 Å². The van der Waals surface area contributed by atoms with Gasteiger partial charge in [0.15, 0.2) is 0 Å². The second kappa shape index (κ2) is 6.74. The third-order valence-corrected chi connectivity index (χ3v) is 3.79. The second-order valence-corrected chi connectivity index (χ2v) is 5.19. The van der Waals surface area contributed by atoms with Crippen LogP contribution in [0.3, 0.4) is 0 Å². The molecule has 0 amide bonds. The van der Waals surface area contributed by atoms with Gasteiger partial charge in [-0.25, -0.2) is 0 Å². The molecule has 1 aromatic carbocycles. The average Bonchev–Trinajstić information content (AvgIpc) is 2.80. The van der Waals surface area contributed by atoms with Crippen LogP contribution in [0, 0.1) is 13.8 Å². The molecule has 2 rings (SSSR count). The van der Waals surface area contributed by atoms with Crippen LogP contribution in [0.15, 0.2) is 28.8 Å². The highest BCUT2D eigenvalue weighted by Crippen LogP contribution is 2.24. The molecule has 1 N–H and O–H groups in total. The van der Waals surface area contributed by atoms with E-state index in [4.69, 9.17) is 9.26 Å². The summed E-state index contributed by atoms with van der Waals surface area (Å²) in [4.78, 5) is 2.09. The summed E-state index contributed by atoms with van der Waals surface area (Å²) in [6, 6.07) is 7.68. The molecule has 114 valence electrons. The highest BCUT2D eigenvalue weighted by molar-refractivity contribution is 5.29. The third kappa shape index (κ3) is 3.43. The maximum atomic E-state index is 9.73. The number of rotatable bonds is 6. The summed E-state index contributed by atoms with van der Waals surface area (Å²) in [6.45, 7) is 4.57. The third-order valence-electron chi connectivity index (χ3n) is 3.79. The summed E-state index contributed by atoms with van der Waals surface area (Å²) in [5.74, 6) is 1.63. The molecule has 0 radical (unpaired) electrons. The second-order valence-electron chi connectivity index (χ2n) is 5.19. The van der Waals surface area contributed by atoms with Crippen molar-refractivity contribution in [1.82, 2.24) is 10.1 Å². The zero-order valence-electron chi connectivity index (χ0n) is 13.0. The standard InChI is InChI=1S/C16H22N2O3/c1-11-15(12(2)21-17-11)9-18(3)16(10-19)13-5-7-14(20-4)8-6-13/h5-8,16,19H,9-10H2,1-4H3. The summed E-state index contributed by atoms with van der Waals surface area (Å²) in [6.07, 6.45) is 0. The van der Waals surface area contributed by atoms with Gasteiger partial charge in [0.25, 0.3) is 0 Å². The van der Waals surface area contributed by atoms with Crippen LogP contribution in [0.25, 0.3) is 0 Å². The summed E-state index contributed by atoms with van der Waals surface area (Å²) in [7, 11) is 3.62. The fourth-order valence-corrected chi connectivity index (χ4v) is 2.41. The topological polar surface area (TPSA) is 58.7 Å². The summed E-state index contributed by atoms with van der Waals surface area (Å²) in [5, 5.41) is 13.7. The van der Waals surface area contributed by atoms with Crippen LogP contribution in [-0.2, 0) is 6.54 Å². The fraction of sp³-hybridized carbons (Fsp3) is 0.438. The van der Waals surface area contributed by atoms with Gasteiger partial charge in [0, 0.05) is 12.1 Å². The van der Waals surface area contributed by atoms with Crippen LogP contribution < -0.4 is 4.74 Å². The first-order chi connectivity index (χ1) is 10.1. The number of aromatic nitrogens is 1. The van der Waals surface area contributed by atoms with E-state index in [1.165, 1.54) is 0 Å². The monoisotopic (exact) mass is 290 g/mol. The molecule has 5 heteroatoms. The van der Waals surface area contributed by atoms with Crippen molar-refractivity contribution in [2.24, 2.45) is 0 Å². The number of nitrogens with zero attached hydrogens (tertiary/aromatic N) is 2. The van der Waals surface area contributed by atoms with Crippen molar-refractivity contribution in [3.63, 3.8) is 0 Å². The van der Waals surface area contributed by atoms with E-state index < -0.39 is 0 Å². The lowest BCUT2D eigenvalue weighted by Crippen LogP contribution is -2.27. The molecule has 0 aliphatic rings. The van der Waals surface area contributed by atoms with Crippen molar-refractivity contribution in [3.8, 4) is 5.75 Å². The quantitative estimate of drug-likeness (QED) is 0.885. The van der Waals surface area contributed by atoms with Gasteiger partial charge in [-0.3, -0.25) is 4.90 Å². The summed E-state index contributed by atoms with van der Waals surface area (Å²) >= 11 is 0. The van der Waals surface area contributed by atoms with Crippen LogP contribution in [0.1, 0.15) is 28.6 Å². The van der Waals surface area contributed by atoms with Gasteiger partial charge in [-0.1, -0.05) is 17.3 Å². The van der Waals surface area contributed by atoms with Crippen LogP contribution in [0.2, 0.25) is 0 Å².